The maximum absolute atomic E-state index is 11.9. The predicted molar refractivity (Wildman–Crippen MR) is 76.1 cm³/mol. The fourth-order valence-corrected chi connectivity index (χ4v) is 2.75. The van der Waals surface area contributed by atoms with Crippen molar-refractivity contribution in [2.24, 2.45) is 0 Å². The average molecular weight is 342 g/mol. The van der Waals surface area contributed by atoms with Crippen LogP contribution in [0.2, 0.25) is 0 Å². The molecule has 0 aliphatic carbocycles. The van der Waals surface area contributed by atoms with Crippen molar-refractivity contribution >= 4 is 39.7 Å². The maximum Gasteiger partial charge on any atom is 0.163 e. The standard InChI is InChI=1S/C13H11IOS/c14-12-3-1-2-11(8-12)13(15)5-4-10-6-7-16-9-10/h1-3,6-9H,4-5H2. The first-order chi connectivity index (χ1) is 7.75. The van der Waals surface area contributed by atoms with Crippen molar-refractivity contribution in [3.05, 3.63) is 55.8 Å². The molecular formula is C13H11IOS. The van der Waals surface area contributed by atoms with E-state index in [2.05, 4.69) is 34.0 Å². The molecule has 0 bridgehead atoms. The largest absolute Gasteiger partial charge is 0.294 e. The minimum atomic E-state index is 0.227. The summed E-state index contributed by atoms with van der Waals surface area (Å²) in [6, 6.07) is 9.83. The number of thiophene rings is 1. The zero-order valence-electron chi connectivity index (χ0n) is 8.65. The summed E-state index contributed by atoms with van der Waals surface area (Å²) in [5.41, 5.74) is 2.08. The zero-order chi connectivity index (χ0) is 11.4. The van der Waals surface area contributed by atoms with E-state index in [4.69, 9.17) is 0 Å². The lowest BCUT2D eigenvalue weighted by Gasteiger charge is -2.00. The Morgan fingerprint density at radius 3 is 2.88 bits per heavy atom. The van der Waals surface area contributed by atoms with Gasteiger partial charge in [0.2, 0.25) is 0 Å². The van der Waals surface area contributed by atoms with E-state index in [9.17, 15) is 4.79 Å². The first kappa shape index (κ1) is 11.8. The van der Waals surface area contributed by atoms with Crippen LogP contribution in [0.5, 0.6) is 0 Å². The highest BCUT2D eigenvalue weighted by molar-refractivity contribution is 14.1. The van der Waals surface area contributed by atoms with Gasteiger partial charge in [-0.25, -0.2) is 0 Å². The van der Waals surface area contributed by atoms with Crippen LogP contribution in [0.25, 0.3) is 0 Å². The third-order valence-corrected chi connectivity index (χ3v) is 3.77. The van der Waals surface area contributed by atoms with Crippen LogP contribution in [-0.2, 0) is 6.42 Å². The van der Waals surface area contributed by atoms with Crippen molar-refractivity contribution in [1.29, 1.82) is 0 Å². The number of Topliss-reactive ketones (excluding diaryl/α,β-unsaturated/α-hetero) is 1. The van der Waals surface area contributed by atoms with Crippen LogP contribution in [0.15, 0.2) is 41.1 Å². The molecule has 1 heterocycles. The number of hydrogen-bond acceptors (Lipinski definition) is 2. The van der Waals surface area contributed by atoms with Crippen molar-refractivity contribution in [3.63, 3.8) is 0 Å². The van der Waals surface area contributed by atoms with Gasteiger partial charge in [-0.1, -0.05) is 12.1 Å². The fourth-order valence-electron chi connectivity index (χ4n) is 1.50. The molecule has 82 valence electrons. The van der Waals surface area contributed by atoms with E-state index >= 15 is 0 Å². The van der Waals surface area contributed by atoms with E-state index in [0.29, 0.717) is 6.42 Å². The van der Waals surface area contributed by atoms with Crippen LogP contribution < -0.4 is 0 Å². The minimum Gasteiger partial charge on any atom is -0.294 e. The highest BCUT2D eigenvalue weighted by Crippen LogP contribution is 2.13. The Morgan fingerprint density at radius 1 is 1.31 bits per heavy atom. The van der Waals surface area contributed by atoms with E-state index in [1.54, 1.807) is 11.3 Å². The summed E-state index contributed by atoms with van der Waals surface area (Å²) in [4.78, 5) is 11.9. The Morgan fingerprint density at radius 2 is 2.19 bits per heavy atom. The molecule has 0 aliphatic heterocycles. The normalized spacial score (nSPS) is 10.3. The lowest BCUT2D eigenvalue weighted by molar-refractivity contribution is 0.0983. The first-order valence-electron chi connectivity index (χ1n) is 5.05. The molecule has 0 saturated heterocycles. The third-order valence-electron chi connectivity index (χ3n) is 2.37. The van der Waals surface area contributed by atoms with Crippen LogP contribution >= 0.6 is 33.9 Å². The van der Waals surface area contributed by atoms with Crippen molar-refractivity contribution in [1.82, 2.24) is 0 Å². The van der Waals surface area contributed by atoms with E-state index in [1.165, 1.54) is 5.56 Å². The number of benzene rings is 1. The molecule has 16 heavy (non-hydrogen) atoms. The summed E-state index contributed by atoms with van der Waals surface area (Å²) in [7, 11) is 0. The monoisotopic (exact) mass is 342 g/mol. The van der Waals surface area contributed by atoms with Gasteiger partial charge in [-0.3, -0.25) is 4.79 Å². The highest BCUT2D eigenvalue weighted by Gasteiger charge is 2.06. The second-order valence-corrected chi connectivity index (χ2v) is 5.59. The molecule has 0 radical (unpaired) electrons. The number of hydrogen-bond donors (Lipinski definition) is 0. The topological polar surface area (TPSA) is 17.1 Å². The van der Waals surface area contributed by atoms with Crippen molar-refractivity contribution < 1.29 is 4.79 Å². The van der Waals surface area contributed by atoms with Gasteiger partial charge in [0.1, 0.15) is 0 Å². The molecule has 2 rings (SSSR count). The van der Waals surface area contributed by atoms with Crippen molar-refractivity contribution in [3.8, 4) is 0 Å². The average Bonchev–Trinajstić information content (AvgIpc) is 2.78. The molecule has 0 spiro atoms. The third kappa shape index (κ3) is 3.15. The highest BCUT2D eigenvalue weighted by atomic mass is 127. The van der Waals surface area contributed by atoms with Gasteiger partial charge < -0.3 is 0 Å². The molecule has 1 aromatic carbocycles. The van der Waals surface area contributed by atoms with E-state index in [1.807, 2.05) is 29.6 Å². The maximum atomic E-state index is 11.9. The van der Waals surface area contributed by atoms with Gasteiger partial charge in [0, 0.05) is 15.6 Å². The van der Waals surface area contributed by atoms with Gasteiger partial charge in [-0.15, -0.1) is 0 Å². The van der Waals surface area contributed by atoms with Gasteiger partial charge in [0.15, 0.2) is 5.78 Å². The quantitative estimate of drug-likeness (QED) is 0.602. The predicted octanol–water partition coefficient (Wildman–Crippen LogP) is 4.17. The lowest BCUT2D eigenvalue weighted by atomic mass is 10.0. The summed E-state index contributed by atoms with van der Waals surface area (Å²) in [5.74, 6) is 0.227. The fraction of sp³-hybridized carbons (Fsp3) is 0.154. The smallest absolute Gasteiger partial charge is 0.163 e. The second kappa shape index (κ2) is 5.59. The lowest BCUT2D eigenvalue weighted by Crippen LogP contribution is -2.00. The summed E-state index contributed by atoms with van der Waals surface area (Å²) in [5, 5.41) is 4.15. The van der Waals surface area contributed by atoms with Crippen LogP contribution in [0.3, 0.4) is 0 Å². The molecule has 2 aromatic rings. The van der Waals surface area contributed by atoms with Crippen LogP contribution in [0, 0.1) is 3.57 Å². The molecule has 0 unspecified atom stereocenters. The first-order valence-corrected chi connectivity index (χ1v) is 7.08. The number of rotatable bonds is 4. The number of carbonyl (C=O) groups excluding carboxylic acids is 1. The second-order valence-electron chi connectivity index (χ2n) is 3.57. The Balaban J connectivity index is 1.98. The Hall–Kier alpha value is -0.680. The van der Waals surface area contributed by atoms with Crippen molar-refractivity contribution in [2.75, 3.05) is 0 Å². The van der Waals surface area contributed by atoms with Crippen molar-refractivity contribution in [2.45, 2.75) is 12.8 Å². The molecule has 0 atom stereocenters. The number of ketones is 1. The van der Waals surface area contributed by atoms with Gasteiger partial charge in [0.25, 0.3) is 0 Å². The van der Waals surface area contributed by atoms with Crippen LogP contribution in [0.4, 0.5) is 0 Å². The Kier molecular flexibility index (Phi) is 4.12. The number of halogens is 1. The van der Waals surface area contributed by atoms with Crippen LogP contribution in [-0.4, -0.2) is 5.78 Å². The number of aryl methyl sites for hydroxylation is 1. The van der Waals surface area contributed by atoms with Gasteiger partial charge in [-0.05, 0) is 63.5 Å². The summed E-state index contributed by atoms with van der Waals surface area (Å²) in [6.45, 7) is 0. The SMILES string of the molecule is O=C(CCc1ccsc1)c1cccc(I)c1. The van der Waals surface area contributed by atoms with Crippen LogP contribution in [0.1, 0.15) is 22.3 Å². The van der Waals surface area contributed by atoms with Gasteiger partial charge in [-0.2, -0.15) is 11.3 Å². The molecular weight excluding hydrogens is 331 g/mol. The molecule has 0 fully saturated rings. The molecule has 0 saturated carbocycles. The minimum absolute atomic E-state index is 0.227. The molecule has 1 nitrogen and oxygen atoms in total. The molecule has 3 heteroatoms. The number of carbonyl (C=O) groups is 1. The van der Waals surface area contributed by atoms with E-state index < -0.39 is 0 Å². The molecule has 1 aromatic heterocycles. The zero-order valence-corrected chi connectivity index (χ0v) is 11.6. The Labute approximate surface area is 113 Å². The summed E-state index contributed by atoms with van der Waals surface area (Å²) >= 11 is 3.90. The van der Waals surface area contributed by atoms with Gasteiger partial charge in [0.05, 0.1) is 0 Å². The Bertz CT molecular complexity index is 476. The molecule has 0 amide bonds. The molecule has 0 aliphatic rings. The van der Waals surface area contributed by atoms with E-state index in [-0.39, 0.29) is 5.78 Å². The summed E-state index contributed by atoms with van der Waals surface area (Å²) in [6.07, 6.45) is 1.44. The van der Waals surface area contributed by atoms with Gasteiger partial charge >= 0.3 is 0 Å². The van der Waals surface area contributed by atoms with E-state index in [0.717, 1.165) is 15.6 Å². The molecule has 0 N–H and O–H groups in total. The summed E-state index contributed by atoms with van der Waals surface area (Å²) < 4.78 is 1.11.